The lowest BCUT2D eigenvalue weighted by Crippen LogP contribution is -2.32. The molecule has 0 aromatic heterocycles. The zero-order chi connectivity index (χ0) is 9.56. The Morgan fingerprint density at radius 2 is 2.08 bits per heavy atom. The Labute approximate surface area is 74.7 Å². The molecule has 0 spiro atoms. The molecular formula is C9H20N2O. The number of rotatable bonds is 5. The van der Waals surface area contributed by atoms with Crippen molar-refractivity contribution in [3.63, 3.8) is 0 Å². The third-order valence-corrected chi connectivity index (χ3v) is 1.60. The molecule has 3 N–H and O–H groups in total. The fourth-order valence-electron chi connectivity index (χ4n) is 1.20. The molecule has 0 saturated heterocycles. The van der Waals surface area contributed by atoms with Crippen molar-refractivity contribution in [3.05, 3.63) is 0 Å². The first-order valence-electron chi connectivity index (χ1n) is 4.58. The summed E-state index contributed by atoms with van der Waals surface area (Å²) in [5, 5.41) is 2.73. The smallest absolute Gasteiger partial charge is 0.221 e. The second kappa shape index (κ2) is 6.00. The summed E-state index contributed by atoms with van der Waals surface area (Å²) in [5.41, 5.74) is 5.74. The molecule has 0 aliphatic carbocycles. The van der Waals surface area contributed by atoms with E-state index in [1.54, 1.807) is 0 Å². The van der Waals surface area contributed by atoms with Crippen LogP contribution in [0.15, 0.2) is 0 Å². The molecule has 0 aliphatic rings. The predicted octanol–water partition coefficient (Wildman–Crippen LogP) is 0.886. The summed E-state index contributed by atoms with van der Waals surface area (Å²) >= 11 is 0. The van der Waals surface area contributed by atoms with Gasteiger partial charge in [0.2, 0.25) is 5.91 Å². The summed E-state index contributed by atoms with van der Waals surface area (Å²) in [6, 6.07) is 0.0107. The highest BCUT2D eigenvalue weighted by Crippen LogP contribution is 2.04. The van der Waals surface area contributed by atoms with Gasteiger partial charge in [0.05, 0.1) is 0 Å². The zero-order valence-corrected chi connectivity index (χ0v) is 8.26. The molecule has 0 aliphatic heterocycles. The largest absolute Gasteiger partial charge is 0.356 e. The van der Waals surface area contributed by atoms with Crippen LogP contribution < -0.4 is 11.1 Å². The summed E-state index contributed by atoms with van der Waals surface area (Å²) in [4.78, 5) is 11.0. The van der Waals surface area contributed by atoms with Crippen LogP contribution >= 0.6 is 0 Å². The average molecular weight is 172 g/mol. The van der Waals surface area contributed by atoms with E-state index in [1.807, 2.05) is 6.92 Å². The van der Waals surface area contributed by atoms with Crippen molar-refractivity contribution in [1.29, 1.82) is 0 Å². The van der Waals surface area contributed by atoms with Crippen LogP contribution in [0.2, 0.25) is 0 Å². The van der Waals surface area contributed by atoms with Gasteiger partial charge in [0, 0.05) is 19.0 Å². The topological polar surface area (TPSA) is 55.1 Å². The Balaban J connectivity index is 3.54. The third-order valence-electron chi connectivity index (χ3n) is 1.60. The number of nitrogens with two attached hydrogens (primary N) is 1. The lowest BCUT2D eigenvalue weighted by atomic mass is 10.0. The van der Waals surface area contributed by atoms with E-state index in [4.69, 9.17) is 5.73 Å². The molecule has 1 atom stereocenters. The van der Waals surface area contributed by atoms with Crippen molar-refractivity contribution in [3.8, 4) is 0 Å². The standard InChI is InChI=1S/C9H20N2O/c1-4-11-9(12)6-8(10)5-7(2)3/h7-8H,4-6,10H2,1-3H3,(H,11,12)/t8-/m0/s1. The first-order valence-corrected chi connectivity index (χ1v) is 4.58. The normalized spacial score (nSPS) is 13.1. The van der Waals surface area contributed by atoms with E-state index in [0.717, 1.165) is 6.42 Å². The van der Waals surface area contributed by atoms with Gasteiger partial charge in [-0.15, -0.1) is 0 Å². The van der Waals surface area contributed by atoms with E-state index >= 15 is 0 Å². The molecule has 0 aromatic rings. The van der Waals surface area contributed by atoms with Gasteiger partial charge >= 0.3 is 0 Å². The molecule has 0 radical (unpaired) electrons. The minimum atomic E-state index is 0.0107. The molecule has 12 heavy (non-hydrogen) atoms. The molecule has 3 heteroatoms. The molecule has 0 unspecified atom stereocenters. The Hall–Kier alpha value is -0.570. The predicted molar refractivity (Wildman–Crippen MR) is 50.7 cm³/mol. The van der Waals surface area contributed by atoms with Crippen LogP contribution in [0.3, 0.4) is 0 Å². The highest BCUT2D eigenvalue weighted by atomic mass is 16.1. The molecule has 0 rings (SSSR count). The van der Waals surface area contributed by atoms with Crippen molar-refractivity contribution >= 4 is 5.91 Å². The van der Waals surface area contributed by atoms with Crippen LogP contribution in [0.1, 0.15) is 33.6 Å². The second-order valence-corrected chi connectivity index (χ2v) is 3.55. The molecule has 72 valence electrons. The number of amides is 1. The van der Waals surface area contributed by atoms with E-state index in [2.05, 4.69) is 19.2 Å². The van der Waals surface area contributed by atoms with Gasteiger partial charge in [0.25, 0.3) is 0 Å². The molecule has 0 saturated carbocycles. The van der Waals surface area contributed by atoms with Gasteiger partial charge in [0.1, 0.15) is 0 Å². The summed E-state index contributed by atoms with van der Waals surface area (Å²) < 4.78 is 0. The van der Waals surface area contributed by atoms with E-state index in [0.29, 0.717) is 18.9 Å². The van der Waals surface area contributed by atoms with Gasteiger partial charge in [0.15, 0.2) is 0 Å². The van der Waals surface area contributed by atoms with E-state index in [1.165, 1.54) is 0 Å². The van der Waals surface area contributed by atoms with Crippen LogP contribution in [0, 0.1) is 5.92 Å². The van der Waals surface area contributed by atoms with E-state index in [9.17, 15) is 4.79 Å². The quantitative estimate of drug-likeness (QED) is 0.647. The molecule has 0 aromatic carbocycles. The SMILES string of the molecule is CCNC(=O)C[C@@H](N)CC(C)C. The first-order chi connectivity index (χ1) is 5.56. The summed E-state index contributed by atoms with van der Waals surface area (Å²) in [7, 11) is 0. The fourth-order valence-corrected chi connectivity index (χ4v) is 1.20. The molecule has 1 amide bonds. The maximum Gasteiger partial charge on any atom is 0.221 e. The maximum absolute atomic E-state index is 11.0. The van der Waals surface area contributed by atoms with Gasteiger partial charge in [-0.05, 0) is 19.3 Å². The highest BCUT2D eigenvalue weighted by Gasteiger charge is 2.09. The van der Waals surface area contributed by atoms with E-state index < -0.39 is 0 Å². The fraction of sp³-hybridized carbons (Fsp3) is 0.889. The van der Waals surface area contributed by atoms with Crippen LogP contribution in [0.5, 0.6) is 0 Å². The number of nitrogens with one attached hydrogen (secondary N) is 1. The van der Waals surface area contributed by atoms with Crippen LogP contribution in [-0.2, 0) is 4.79 Å². The molecular weight excluding hydrogens is 152 g/mol. The van der Waals surface area contributed by atoms with Crippen LogP contribution in [-0.4, -0.2) is 18.5 Å². The lowest BCUT2D eigenvalue weighted by Gasteiger charge is -2.12. The monoisotopic (exact) mass is 172 g/mol. The van der Waals surface area contributed by atoms with Gasteiger partial charge in [-0.25, -0.2) is 0 Å². The Kier molecular flexibility index (Phi) is 5.72. The van der Waals surface area contributed by atoms with Gasteiger partial charge in [-0.2, -0.15) is 0 Å². The lowest BCUT2D eigenvalue weighted by molar-refractivity contribution is -0.121. The number of hydrogen-bond donors (Lipinski definition) is 2. The third kappa shape index (κ3) is 6.16. The van der Waals surface area contributed by atoms with Crippen molar-refractivity contribution in [1.82, 2.24) is 5.32 Å². The zero-order valence-electron chi connectivity index (χ0n) is 8.26. The Bertz CT molecular complexity index is 134. The van der Waals surface area contributed by atoms with Crippen LogP contribution in [0.25, 0.3) is 0 Å². The molecule has 3 nitrogen and oxygen atoms in total. The van der Waals surface area contributed by atoms with Crippen molar-refractivity contribution in [2.24, 2.45) is 11.7 Å². The number of carbonyl (C=O) groups is 1. The van der Waals surface area contributed by atoms with Gasteiger partial charge < -0.3 is 11.1 Å². The van der Waals surface area contributed by atoms with Crippen molar-refractivity contribution < 1.29 is 4.79 Å². The Morgan fingerprint density at radius 1 is 1.50 bits per heavy atom. The molecule has 0 bridgehead atoms. The molecule has 0 fully saturated rings. The Morgan fingerprint density at radius 3 is 2.50 bits per heavy atom. The summed E-state index contributed by atoms with van der Waals surface area (Å²) in [5.74, 6) is 0.625. The minimum Gasteiger partial charge on any atom is -0.356 e. The summed E-state index contributed by atoms with van der Waals surface area (Å²) in [6.45, 7) is 6.81. The van der Waals surface area contributed by atoms with Crippen molar-refractivity contribution in [2.45, 2.75) is 39.7 Å². The molecule has 0 heterocycles. The van der Waals surface area contributed by atoms with Crippen molar-refractivity contribution in [2.75, 3.05) is 6.54 Å². The van der Waals surface area contributed by atoms with E-state index in [-0.39, 0.29) is 11.9 Å². The minimum absolute atomic E-state index is 0.0107. The summed E-state index contributed by atoms with van der Waals surface area (Å²) in [6.07, 6.45) is 1.36. The highest BCUT2D eigenvalue weighted by molar-refractivity contribution is 5.76. The number of carbonyl (C=O) groups excluding carboxylic acids is 1. The van der Waals surface area contributed by atoms with Gasteiger partial charge in [-0.3, -0.25) is 4.79 Å². The number of hydrogen-bond acceptors (Lipinski definition) is 2. The van der Waals surface area contributed by atoms with Gasteiger partial charge in [-0.1, -0.05) is 13.8 Å². The second-order valence-electron chi connectivity index (χ2n) is 3.55. The maximum atomic E-state index is 11.0. The average Bonchev–Trinajstić information content (AvgIpc) is 1.84. The first kappa shape index (κ1) is 11.4. The van der Waals surface area contributed by atoms with Crippen LogP contribution in [0.4, 0.5) is 0 Å².